The van der Waals surface area contributed by atoms with Gasteiger partial charge in [0.1, 0.15) is 5.88 Å². The number of rotatable bonds is 5. The second kappa shape index (κ2) is 7.09. The third kappa shape index (κ3) is 3.53. The molecule has 0 radical (unpaired) electrons. The zero-order chi connectivity index (χ0) is 14.5. The number of aryl methyl sites for hydroxylation is 1. The number of halogens is 1. The lowest BCUT2D eigenvalue weighted by atomic mass is 10.1. The van der Waals surface area contributed by atoms with Crippen LogP contribution < -0.4 is 0 Å². The molecule has 0 N–H and O–H groups in total. The molecule has 1 amide bonds. The van der Waals surface area contributed by atoms with E-state index in [1.165, 1.54) is 5.56 Å². The molecule has 1 saturated carbocycles. The van der Waals surface area contributed by atoms with E-state index in [0.717, 1.165) is 24.8 Å². The summed E-state index contributed by atoms with van der Waals surface area (Å²) >= 11 is 5.78. The summed E-state index contributed by atoms with van der Waals surface area (Å²) in [5.74, 6) is 0.0138. The Morgan fingerprint density at radius 2 is 2.05 bits per heavy atom. The van der Waals surface area contributed by atoms with Crippen LogP contribution in [0.5, 0.6) is 0 Å². The Bertz CT molecular complexity index is 446. The molecule has 0 saturated heterocycles. The number of carbonyl (C=O) groups is 1. The molecule has 0 spiro atoms. The number of amides is 1. The van der Waals surface area contributed by atoms with Crippen molar-refractivity contribution in [3.05, 3.63) is 35.4 Å². The number of methoxy groups -OCH3 is 1. The Balaban J connectivity index is 2.15. The van der Waals surface area contributed by atoms with E-state index >= 15 is 0 Å². The van der Waals surface area contributed by atoms with Gasteiger partial charge >= 0.3 is 0 Å². The first kappa shape index (κ1) is 15.3. The highest BCUT2D eigenvalue weighted by Gasteiger charge is 2.34. The van der Waals surface area contributed by atoms with Gasteiger partial charge in [0.15, 0.2) is 0 Å². The first-order chi connectivity index (χ1) is 9.65. The number of carbonyl (C=O) groups excluding carboxylic acids is 1. The lowest BCUT2D eigenvalue weighted by Gasteiger charge is -2.32. The van der Waals surface area contributed by atoms with Gasteiger partial charge in [0.2, 0.25) is 5.91 Å². The van der Waals surface area contributed by atoms with Crippen molar-refractivity contribution in [2.45, 2.75) is 44.9 Å². The molecule has 0 unspecified atom stereocenters. The normalized spacial score (nSPS) is 21.9. The van der Waals surface area contributed by atoms with E-state index in [0.29, 0.717) is 6.54 Å². The predicted octanol–water partition coefficient (Wildman–Crippen LogP) is 3.13. The summed E-state index contributed by atoms with van der Waals surface area (Å²) in [6.45, 7) is 2.67. The largest absolute Gasteiger partial charge is 0.379 e. The van der Waals surface area contributed by atoms with Crippen molar-refractivity contribution in [2.24, 2.45) is 0 Å². The molecule has 2 rings (SSSR count). The number of alkyl halides is 1. The van der Waals surface area contributed by atoms with Crippen molar-refractivity contribution >= 4 is 17.5 Å². The van der Waals surface area contributed by atoms with Crippen LogP contribution in [0.1, 0.15) is 30.4 Å². The fraction of sp³-hybridized carbons (Fsp3) is 0.562. The van der Waals surface area contributed by atoms with Crippen LogP contribution in [0.2, 0.25) is 0 Å². The molecule has 1 fully saturated rings. The standard InChI is InChI=1S/C16H22ClNO2/c1-12-6-8-13(9-7-12)11-18(16(19)10-17)14-4-3-5-15(14)20-2/h6-9,14-15H,3-5,10-11H2,1-2H3/t14-,15+/m0/s1. The van der Waals surface area contributed by atoms with Gasteiger partial charge < -0.3 is 9.64 Å². The average Bonchev–Trinajstić information content (AvgIpc) is 2.94. The molecular formula is C16H22ClNO2. The summed E-state index contributed by atoms with van der Waals surface area (Å²) in [6.07, 6.45) is 3.24. The maximum Gasteiger partial charge on any atom is 0.238 e. The molecule has 1 aliphatic rings. The van der Waals surface area contributed by atoms with Gasteiger partial charge in [0.25, 0.3) is 0 Å². The Morgan fingerprint density at radius 3 is 2.65 bits per heavy atom. The van der Waals surface area contributed by atoms with Gasteiger partial charge in [-0.05, 0) is 31.7 Å². The molecule has 0 bridgehead atoms. The number of hydrogen-bond acceptors (Lipinski definition) is 2. The van der Waals surface area contributed by atoms with E-state index < -0.39 is 0 Å². The minimum Gasteiger partial charge on any atom is -0.379 e. The molecule has 1 aromatic carbocycles. The summed E-state index contributed by atoms with van der Waals surface area (Å²) in [7, 11) is 1.72. The summed E-state index contributed by atoms with van der Waals surface area (Å²) < 4.78 is 5.52. The molecule has 20 heavy (non-hydrogen) atoms. The molecule has 0 aromatic heterocycles. The maximum absolute atomic E-state index is 12.2. The molecule has 1 aromatic rings. The summed E-state index contributed by atoms with van der Waals surface area (Å²) in [5, 5.41) is 0. The fourth-order valence-electron chi connectivity index (χ4n) is 2.90. The SMILES string of the molecule is CO[C@@H]1CCC[C@@H]1N(Cc1ccc(C)cc1)C(=O)CCl. The van der Waals surface area contributed by atoms with E-state index in [-0.39, 0.29) is 23.9 Å². The number of ether oxygens (including phenoxy) is 1. The molecule has 3 nitrogen and oxygen atoms in total. The van der Waals surface area contributed by atoms with Crippen LogP contribution in [0.25, 0.3) is 0 Å². The molecule has 2 atom stereocenters. The van der Waals surface area contributed by atoms with Crippen molar-refractivity contribution < 1.29 is 9.53 Å². The van der Waals surface area contributed by atoms with Crippen LogP contribution in [-0.4, -0.2) is 35.9 Å². The topological polar surface area (TPSA) is 29.5 Å². The molecule has 0 aliphatic heterocycles. The summed E-state index contributed by atoms with van der Waals surface area (Å²) in [6, 6.07) is 8.43. The molecule has 0 heterocycles. The first-order valence-corrected chi connectivity index (χ1v) is 7.63. The summed E-state index contributed by atoms with van der Waals surface area (Å²) in [4.78, 5) is 14.1. The van der Waals surface area contributed by atoms with E-state index in [1.807, 2.05) is 4.90 Å². The van der Waals surface area contributed by atoms with E-state index in [2.05, 4.69) is 31.2 Å². The minimum atomic E-state index is -0.0128. The van der Waals surface area contributed by atoms with Crippen LogP contribution in [-0.2, 0) is 16.1 Å². The lowest BCUT2D eigenvalue weighted by molar-refractivity contribution is -0.134. The highest BCUT2D eigenvalue weighted by molar-refractivity contribution is 6.27. The van der Waals surface area contributed by atoms with Crippen molar-refractivity contribution in [3.8, 4) is 0 Å². The van der Waals surface area contributed by atoms with Gasteiger partial charge in [0.05, 0.1) is 12.1 Å². The van der Waals surface area contributed by atoms with Crippen LogP contribution in [0.15, 0.2) is 24.3 Å². The Hall–Kier alpha value is -1.06. The molecule has 4 heteroatoms. The predicted molar refractivity (Wildman–Crippen MR) is 80.9 cm³/mol. The fourth-order valence-corrected chi connectivity index (χ4v) is 3.05. The van der Waals surface area contributed by atoms with Crippen molar-refractivity contribution in [1.82, 2.24) is 4.90 Å². The van der Waals surface area contributed by atoms with Crippen molar-refractivity contribution in [1.29, 1.82) is 0 Å². The quantitative estimate of drug-likeness (QED) is 0.781. The number of nitrogens with zero attached hydrogens (tertiary/aromatic N) is 1. The second-order valence-electron chi connectivity index (χ2n) is 5.41. The number of benzene rings is 1. The number of hydrogen-bond donors (Lipinski definition) is 0. The van der Waals surface area contributed by atoms with Gasteiger partial charge in [-0.3, -0.25) is 4.79 Å². The third-order valence-electron chi connectivity index (χ3n) is 4.03. The Morgan fingerprint density at radius 1 is 1.35 bits per heavy atom. The maximum atomic E-state index is 12.2. The van der Waals surface area contributed by atoms with Gasteiger partial charge in [-0.1, -0.05) is 29.8 Å². The zero-order valence-corrected chi connectivity index (χ0v) is 12.9. The van der Waals surface area contributed by atoms with Gasteiger partial charge in [-0.15, -0.1) is 11.6 Å². The van der Waals surface area contributed by atoms with Crippen molar-refractivity contribution in [3.63, 3.8) is 0 Å². The molecule has 1 aliphatic carbocycles. The van der Waals surface area contributed by atoms with Crippen molar-refractivity contribution in [2.75, 3.05) is 13.0 Å². The van der Waals surface area contributed by atoms with E-state index in [4.69, 9.17) is 16.3 Å². The highest BCUT2D eigenvalue weighted by Crippen LogP contribution is 2.28. The Labute approximate surface area is 125 Å². The zero-order valence-electron chi connectivity index (χ0n) is 12.1. The van der Waals surface area contributed by atoms with Crippen LogP contribution in [0.3, 0.4) is 0 Å². The summed E-state index contributed by atoms with van der Waals surface area (Å²) in [5.41, 5.74) is 2.36. The van der Waals surface area contributed by atoms with Crippen LogP contribution >= 0.6 is 11.6 Å². The van der Waals surface area contributed by atoms with Crippen LogP contribution in [0, 0.1) is 6.92 Å². The lowest BCUT2D eigenvalue weighted by Crippen LogP contribution is -2.45. The smallest absolute Gasteiger partial charge is 0.238 e. The Kier molecular flexibility index (Phi) is 5.44. The second-order valence-corrected chi connectivity index (χ2v) is 5.68. The van der Waals surface area contributed by atoms with Gasteiger partial charge in [0, 0.05) is 13.7 Å². The average molecular weight is 296 g/mol. The third-order valence-corrected chi connectivity index (χ3v) is 4.26. The van der Waals surface area contributed by atoms with E-state index in [1.54, 1.807) is 7.11 Å². The highest BCUT2D eigenvalue weighted by atomic mass is 35.5. The van der Waals surface area contributed by atoms with Gasteiger partial charge in [-0.2, -0.15) is 0 Å². The van der Waals surface area contributed by atoms with E-state index in [9.17, 15) is 4.79 Å². The molecule has 110 valence electrons. The van der Waals surface area contributed by atoms with Gasteiger partial charge in [-0.25, -0.2) is 0 Å². The minimum absolute atomic E-state index is 0.0128. The molecular weight excluding hydrogens is 274 g/mol. The monoisotopic (exact) mass is 295 g/mol. The van der Waals surface area contributed by atoms with Crippen LogP contribution in [0.4, 0.5) is 0 Å². The first-order valence-electron chi connectivity index (χ1n) is 7.09.